The standard InChI is InChI=1S/C12H17ClN2O/c1-9-8-15(7-5-10(9)13)12-11(16-2)4-3-6-14-12/h3-4,6,9-10H,5,7-8H2,1-2H3. The van der Waals surface area contributed by atoms with Crippen LogP contribution < -0.4 is 9.64 Å². The van der Waals surface area contributed by atoms with Gasteiger partial charge in [0.2, 0.25) is 0 Å². The van der Waals surface area contributed by atoms with Crippen LogP contribution in [0.3, 0.4) is 0 Å². The van der Waals surface area contributed by atoms with Crippen molar-refractivity contribution < 1.29 is 4.74 Å². The lowest BCUT2D eigenvalue weighted by Crippen LogP contribution is -2.40. The highest BCUT2D eigenvalue weighted by Crippen LogP contribution is 2.30. The number of rotatable bonds is 2. The molecule has 0 amide bonds. The van der Waals surface area contributed by atoms with Crippen LogP contribution in [0.25, 0.3) is 0 Å². The molecule has 0 spiro atoms. The van der Waals surface area contributed by atoms with Crippen molar-refractivity contribution in [1.29, 1.82) is 0 Å². The molecule has 3 nitrogen and oxygen atoms in total. The fourth-order valence-corrected chi connectivity index (χ4v) is 2.27. The van der Waals surface area contributed by atoms with Crippen LogP contribution in [0.4, 0.5) is 5.82 Å². The molecule has 2 unspecified atom stereocenters. The molecule has 0 aromatic carbocycles. The van der Waals surface area contributed by atoms with Crippen molar-refractivity contribution in [2.75, 3.05) is 25.1 Å². The molecule has 16 heavy (non-hydrogen) atoms. The predicted molar refractivity (Wildman–Crippen MR) is 66.4 cm³/mol. The van der Waals surface area contributed by atoms with E-state index in [1.54, 1.807) is 13.3 Å². The van der Waals surface area contributed by atoms with E-state index in [1.807, 2.05) is 12.1 Å². The molecule has 1 aliphatic rings. The van der Waals surface area contributed by atoms with Gasteiger partial charge in [-0.3, -0.25) is 0 Å². The molecule has 0 saturated carbocycles. The maximum Gasteiger partial charge on any atom is 0.171 e. The molecule has 88 valence electrons. The van der Waals surface area contributed by atoms with E-state index < -0.39 is 0 Å². The number of aromatic nitrogens is 1. The predicted octanol–water partition coefficient (Wildman–Crippen LogP) is 2.54. The number of hydrogen-bond acceptors (Lipinski definition) is 3. The summed E-state index contributed by atoms with van der Waals surface area (Å²) in [6, 6.07) is 3.83. The van der Waals surface area contributed by atoms with Crippen molar-refractivity contribution >= 4 is 17.4 Å². The number of anilines is 1. The van der Waals surface area contributed by atoms with Crippen LogP contribution in [0.1, 0.15) is 13.3 Å². The molecule has 0 aliphatic carbocycles. The minimum atomic E-state index is 0.283. The van der Waals surface area contributed by atoms with Crippen molar-refractivity contribution in [1.82, 2.24) is 4.98 Å². The third-order valence-corrected chi connectivity index (χ3v) is 3.72. The summed E-state index contributed by atoms with van der Waals surface area (Å²) in [4.78, 5) is 6.64. The summed E-state index contributed by atoms with van der Waals surface area (Å²) < 4.78 is 5.32. The summed E-state index contributed by atoms with van der Waals surface area (Å²) in [5, 5.41) is 0.283. The van der Waals surface area contributed by atoms with Crippen molar-refractivity contribution in [2.45, 2.75) is 18.7 Å². The van der Waals surface area contributed by atoms with Gasteiger partial charge in [-0.25, -0.2) is 4.98 Å². The molecule has 1 aliphatic heterocycles. The summed E-state index contributed by atoms with van der Waals surface area (Å²) >= 11 is 6.22. The first kappa shape index (κ1) is 11.5. The van der Waals surface area contributed by atoms with Gasteiger partial charge in [-0.1, -0.05) is 6.92 Å². The first-order valence-corrected chi connectivity index (χ1v) is 6.04. The molecule has 0 N–H and O–H groups in total. The smallest absolute Gasteiger partial charge is 0.171 e. The summed E-state index contributed by atoms with van der Waals surface area (Å²) in [6.07, 6.45) is 2.80. The first-order chi connectivity index (χ1) is 7.72. The van der Waals surface area contributed by atoms with E-state index in [4.69, 9.17) is 16.3 Å². The number of hydrogen-bond donors (Lipinski definition) is 0. The summed E-state index contributed by atoms with van der Waals surface area (Å²) in [7, 11) is 1.68. The Kier molecular flexibility index (Phi) is 3.54. The van der Waals surface area contributed by atoms with Gasteiger partial charge >= 0.3 is 0 Å². The molecular formula is C12H17ClN2O. The Labute approximate surface area is 101 Å². The van der Waals surface area contributed by atoms with Gasteiger partial charge in [0, 0.05) is 24.7 Å². The highest BCUT2D eigenvalue weighted by Gasteiger charge is 2.26. The van der Waals surface area contributed by atoms with E-state index in [-0.39, 0.29) is 5.38 Å². The zero-order valence-electron chi connectivity index (χ0n) is 9.69. The number of nitrogens with zero attached hydrogens (tertiary/aromatic N) is 2. The van der Waals surface area contributed by atoms with Gasteiger partial charge < -0.3 is 9.64 Å². The van der Waals surface area contributed by atoms with E-state index >= 15 is 0 Å². The largest absolute Gasteiger partial charge is 0.493 e. The van der Waals surface area contributed by atoms with Gasteiger partial charge in [0.05, 0.1) is 7.11 Å². The third-order valence-electron chi connectivity index (χ3n) is 3.07. The van der Waals surface area contributed by atoms with Gasteiger partial charge in [0.25, 0.3) is 0 Å². The van der Waals surface area contributed by atoms with Crippen LogP contribution in [0.15, 0.2) is 18.3 Å². The Balaban J connectivity index is 2.18. The zero-order valence-corrected chi connectivity index (χ0v) is 10.4. The minimum Gasteiger partial charge on any atom is -0.493 e. The molecule has 4 heteroatoms. The number of alkyl halides is 1. The maximum absolute atomic E-state index is 6.22. The van der Waals surface area contributed by atoms with Gasteiger partial charge in [-0.2, -0.15) is 0 Å². The van der Waals surface area contributed by atoms with Crippen molar-refractivity contribution in [3.05, 3.63) is 18.3 Å². The van der Waals surface area contributed by atoms with Crippen LogP contribution in [-0.2, 0) is 0 Å². The van der Waals surface area contributed by atoms with E-state index in [0.29, 0.717) is 5.92 Å². The molecular weight excluding hydrogens is 224 g/mol. The SMILES string of the molecule is COc1cccnc1N1CCC(Cl)C(C)C1. The average Bonchev–Trinajstić information content (AvgIpc) is 2.32. The Hall–Kier alpha value is -0.960. The van der Waals surface area contributed by atoms with E-state index in [9.17, 15) is 0 Å². The van der Waals surface area contributed by atoms with Gasteiger partial charge in [0.15, 0.2) is 11.6 Å². The minimum absolute atomic E-state index is 0.283. The molecule has 2 atom stereocenters. The summed E-state index contributed by atoms with van der Waals surface area (Å²) in [5.41, 5.74) is 0. The number of ether oxygens (including phenoxy) is 1. The van der Waals surface area contributed by atoms with E-state index in [1.165, 1.54) is 0 Å². The number of pyridine rings is 1. The summed E-state index contributed by atoms with van der Waals surface area (Å²) in [5.74, 6) is 2.25. The van der Waals surface area contributed by atoms with Crippen LogP contribution in [0, 0.1) is 5.92 Å². The molecule has 1 aromatic heterocycles. The molecule has 1 aromatic rings. The number of methoxy groups -OCH3 is 1. The van der Waals surface area contributed by atoms with Crippen LogP contribution in [-0.4, -0.2) is 30.6 Å². The van der Waals surface area contributed by atoms with Gasteiger partial charge in [-0.05, 0) is 24.5 Å². The molecule has 0 bridgehead atoms. The molecule has 1 saturated heterocycles. The van der Waals surface area contributed by atoms with Gasteiger partial charge in [0.1, 0.15) is 0 Å². The fourth-order valence-electron chi connectivity index (χ4n) is 2.09. The normalized spacial score (nSPS) is 25.6. The van der Waals surface area contributed by atoms with Crippen molar-refractivity contribution in [3.8, 4) is 5.75 Å². The Morgan fingerprint density at radius 2 is 2.38 bits per heavy atom. The highest BCUT2D eigenvalue weighted by molar-refractivity contribution is 6.20. The van der Waals surface area contributed by atoms with Crippen LogP contribution in [0.5, 0.6) is 5.75 Å². The fraction of sp³-hybridized carbons (Fsp3) is 0.583. The lowest BCUT2D eigenvalue weighted by molar-refractivity contribution is 0.403. The van der Waals surface area contributed by atoms with E-state index in [2.05, 4.69) is 16.8 Å². The highest BCUT2D eigenvalue weighted by atomic mass is 35.5. The van der Waals surface area contributed by atoms with E-state index in [0.717, 1.165) is 31.1 Å². The Morgan fingerprint density at radius 1 is 1.56 bits per heavy atom. The quantitative estimate of drug-likeness (QED) is 0.743. The molecule has 2 rings (SSSR count). The van der Waals surface area contributed by atoms with Crippen molar-refractivity contribution in [3.63, 3.8) is 0 Å². The Bertz CT molecular complexity index is 359. The average molecular weight is 241 g/mol. The van der Waals surface area contributed by atoms with Crippen LogP contribution >= 0.6 is 11.6 Å². The second kappa shape index (κ2) is 4.91. The second-order valence-corrected chi connectivity index (χ2v) is 4.82. The zero-order chi connectivity index (χ0) is 11.5. The maximum atomic E-state index is 6.22. The number of piperidine rings is 1. The summed E-state index contributed by atoms with van der Waals surface area (Å²) in [6.45, 7) is 4.08. The second-order valence-electron chi connectivity index (χ2n) is 4.26. The van der Waals surface area contributed by atoms with Gasteiger partial charge in [-0.15, -0.1) is 11.6 Å². The Morgan fingerprint density at radius 3 is 3.06 bits per heavy atom. The lowest BCUT2D eigenvalue weighted by Gasteiger charge is -2.35. The first-order valence-electron chi connectivity index (χ1n) is 5.60. The van der Waals surface area contributed by atoms with Crippen molar-refractivity contribution in [2.24, 2.45) is 5.92 Å². The van der Waals surface area contributed by atoms with Crippen LogP contribution in [0.2, 0.25) is 0 Å². The monoisotopic (exact) mass is 240 g/mol. The molecule has 2 heterocycles. The number of halogens is 1. The lowest BCUT2D eigenvalue weighted by atomic mass is 9.99. The third kappa shape index (κ3) is 2.24. The molecule has 1 fully saturated rings. The topological polar surface area (TPSA) is 25.4 Å². The molecule has 0 radical (unpaired) electrons.